The topological polar surface area (TPSA) is 67.6 Å². The zero-order valence-corrected chi connectivity index (χ0v) is 12.2. The molecule has 2 heterocycles. The quantitative estimate of drug-likeness (QED) is 0.670. The number of aromatic nitrogens is 2. The van der Waals surface area contributed by atoms with Gasteiger partial charge in [-0.2, -0.15) is 5.10 Å². The number of rotatable bonds is 4. The first kappa shape index (κ1) is 16.1. The molecule has 2 aromatic rings. The van der Waals surface area contributed by atoms with Crippen LogP contribution in [0.1, 0.15) is 11.8 Å². The second-order valence-corrected chi connectivity index (χ2v) is 4.90. The molecule has 1 aromatic carbocycles. The van der Waals surface area contributed by atoms with Gasteiger partial charge in [0.05, 0.1) is 37.0 Å². The molecular weight excluding hydrogens is 265 g/mol. The van der Waals surface area contributed by atoms with Crippen LogP contribution < -0.4 is 18.9 Å². The molecule has 6 nitrogen and oxygen atoms in total. The van der Waals surface area contributed by atoms with Crippen LogP contribution >= 0.6 is 0 Å². The Kier molecular flexibility index (Phi) is 5.43. The van der Waals surface area contributed by atoms with Crippen molar-refractivity contribution in [2.75, 3.05) is 32.8 Å². The van der Waals surface area contributed by atoms with Crippen LogP contribution in [0, 0.1) is 0 Å². The summed E-state index contributed by atoms with van der Waals surface area (Å²) in [5.41, 5.74) is 1.27. The predicted octanol–water partition coefficient (Wildman–Crippen LogP) is -1.82. The van der Waals surface area contributed by atoms with Gasteiger partial charge in [0.25, 0.3) is 0 Å². The van der Waals surface area contributed by atoms with Crippen LogP contribution in [0.2, 0.25) is 0 Å². The molecule has 21 heavy (non-hydrogen) atoms. The number of nitrogens with zero attached hydrogens (tertiary/aromatic N) is 3. The molecule has 0 amide bonds. The zero-order chi connectivity index (χ0) is 13.9. The van der Waals surface area contributed by atoms with E-state index in [2.05, 4.69) is 10.00 Å². The number of carbonyl (C=O) groups is 1. The first-order chi connectivity index (χ1) is 9.74. The minimum Gasteiger partial charge on any atom is -1.00 e. The summed E-state index contributed by atoms with van der Waals surface area (Å²) in [4.78, 5) is 13.3. The van der Waals surface area contributed by atoms with Crippen molar-refractivity contribution >= 4 is 16.9 Å². The Morgan fingerprint density at radius 1 is 1.33 bits per heavy atom. The van der Waals surface area contributed by atoms with Crippen molar-refractivity contribution in [3.8, 4) is 0 Å². The van der Waals surface area contributed by atoms with E-state index in [0.717, 1.165) is 50.3 Å². The van der Waals surface area contributed by atoms with E-state index in [1.54, 1.807) is 18.3 Å². The third-order valence-electron chi connectivity index (χ3n) is 3.62. The van der Waals surface area contributed by atoms with Gasteiger partial charge in [-0.3, -0.25) is 9.58 Å². The number of morpholine rings is 1. The molecule has 1 fully saturated rings. The van der Waals surface area contributed by atoms with Crippen LogP contribution in [0.25, 0.3) is 10.9 Å². The second-order valence-electron chi connectivity index (χ2n) is 4.90. The molecule has 1 N–H and O–H groups in total. The average molecular weight is 283 g/mol. The van der Waals surface area contributed by atoms with Crippen LogP contribution in [0.5, 0.6) is 0 Å². The molecule has 0 atom stereocenters. The van der Waals surface area contributed by atoms with Crippen LogP contribution in [-0.2, 0) is 11.3 Å². The first-order valence-corrected chi connectivity index (χ1v) is 6.73. The summed E-state index contributed by atoms with van der Waals surface area (Å²) in [6, 6.07) is 5.11. The third-order valence-corrected chi connectivity index (χ3v) is 3.62. The fourth-order valence-corrected chi connectivity index (χ4v) is 2.46. The number of aromatic carboxylic acids is 1. The van der Waals surface area contributed by atoms with Crippen molar-refractivity contribution < 1.29 is 34.9 Å². The van der Waals surface area contributed by atoms with Crippen molar-refractivity contribution in [1.82, 2.24) is 14.7 Å². The van der Waals surface area contributed by atoms with Gasteiger partial charge in [0.15, 0.2) is 0 Å². The molecule has 0 spiro atoms. The monoisotopic (exact) mass is 283 g/mol. The Morgan fingerprint density at radius 2 is 2.10 bits per heavy atom. The van der Waals surface area contributed by atoms with E-state index in [1.165, 1.54) is 0 Å². The summed E-state index contributed by atoms with van der Waals surface area (Å²) in [6.45, 7) is 5.24. The Bertz CT molecular complexity index is 629. The first-order valence-electron chi connectivity index (χ1n) is 6.73. The van der Waals surface area contributed by atoms with Gasteiger partial charge in [-0.05, 0) is 18.2 Å². The van der Waals surface area contributed by atoms with E-state index >= 15 is 0 Å². The van der Waals surface area contributed by atoms with Gasteiger partial charge in [0, 0.05) is 25.0 Å². The van der Waals surface area contributed by atoms with Gasteiger partial charge in [-0.25, -0.2) is 4.79 Å². The number of ether oxygens (including phenoxy) is 1. The zero-order valence-electron chi connectivity index (χ0n) is 13.2. The molecule has 1 aliphatic heterocycles. The molecule has 1 aliphatic rings. The molecule has 3 rings (SSSR count). The fourth-order valence-electron chi connectivity index (χ4n) is 2.46. The van der Waals surface area contributed by atoms with Crippen molar-refractivity contribution in [2.45, 2.75) is 6.54 Å². The predicted molar refractivity (Wildman–Crippen MR) is 75.1 cm³/mol. The Hall–Kier alpha value is -1.32. The molecule has 0 bridgehead atoms. The maximum atomic E-state index is 10.9. The van der Waals surface area contributed by atoms with Crippen LogP contribution in [-0.4, -0.2) is 58.6 Å². The largest absolute Gasteiger partial charge is 1.00 e. The van der Waals surface area contributed by atoms with Crippen molar-refractivity contribution in [1.29, 1.82) is 0 Å². The molecule has 108 valence electrons. The molecule has 0 aliphatic carbocycles. The van der Waals surface area contributed by atoms with E-state index in [9.17, 15) is 4.79 Å². The van der Waals surface area contributed by atoms with Gasteiger partial charge in [-0.15, -0.1) is 0 Å². The van der Waals surface area contributed by atoms with Crippen molar-refractivity contribution in [2.24, 2.45) is 0 Å². The van der Waals surface area contributed by atoms with Gasteiger partial charge < -0.3 is 11.3 Å². The second kappa shape index (κ2) is 7.10. The van der Waals surface area contributed by atoms with E-state index in [4.69, 9.17) is 9.84 Å². The van der Waals surface area contributed by atoms with Crippen LogP contribution in [0.3, 0.4) is 0 Å². The van der Waals surface area contributed by atoms with Crippen molar-refractivity contribution in [3.05, 3.63) is 30.0 Å². The van der Waals surface area contributed by atoms with Gasteiger partial charge in [0.1, 0.15) is 0 Å². The van der Waals surface area contributed by atoms with E-state index in [-0.39, 0.29) is 20.3 Å². The minimum absolute atomic E-state index is 0. The van der Waals surface area contributed by atoms with E-state index < -0.39 is 5.97 Å². The number of fused-ring (bicyclic) bond motifs is 1. The Morgan fingerprint density at radius 3 is 2.81 bits per heavy atom. The summed E-state index contributed by atoms with van der Waals surface area (Å²) in [7, 11) is 0. The molecular formula is C14H18LiN3O3. The molecule has 0 saturated carbocycles. The smallest absolute Gasteiger partial charge is 1.00 e. The third kappa shape index (κ3) is 3.66. The summed E-state index contributed by atoms with van der Waals surface area (Å²) in [5, 5.41) is 14.2. The maximum absolute atomic E-state index is 10.9. The standard InChI is InChI=1S/C14H17N3O3.Li.H/c18-14(19)11-1-2-13-12(9-11)10-15-17(13)4-3-16-5-7-20-8-6-16;;/h1-2,9-10H,3-8H2,(H,18,19);;/q;+1;-1. The summed E-state index contributed by atoms with van der Waals surface area (Å²) >= 11 is 0. The Balaban J connectivity index is 0.00000121. The van der Waals surface area contributed by atoms with Crippen LogP contribution in [0.15, 0.2) is 24.4 Å². The van der Waals surface area contributed by atoms with Gasteiger partial charge >= 0.3 is 24.8 Å². The molecule has 0 radical (unpaired) electrons. The van der Waals surface area contributed by atoms with E-state index in [1.807, 2.05) is 10.7 Å². The number of carboxylic acid groups (broad SMARTS) is 1. The summed E-state index contributed by atoms with van der Waals surface area (Å²) < 4.78 is 7.25. The van der Waals surface area contributed by atoms with Crippen LogP contribution in [0.4, 0.5) is 0 Å². The SMILES string of the molecule is O=C(O)c1ccc2c(cnn2CCN2CCOCC2)c1.[H-].[Li+]. The van der Waals surface area contributed by atoms with E-state index in [0.29, 0.717) is 5.56 Å². The summed E-state index contributed by atoms with van der Waals surface area (Å²) in [6.07, 6.45) is 1.72. The molecule has 7 heteroatoms. The van der Waals surface area contributed by atoms with Crippen molar-refractivity contribution in [3.63, 3.8) is 0 Å². The number of benzene rings is 1. The molecule has 0 unspecified atom stereocenters. The normalized spacial score (nSPS) is 15.8. The summed E-state index contributed by atoms with van der Waals surface area (Å²) in [5.74, 6) is -0.909. The number of hydrogen-bond acceptors (Lipinski definition) is 4. The number of carboxylic acids is 1. The fraction of sp³-hybridized carbons (Fsp3) is 0.429. The maximum Gasteiger partial charge on any atom is 1.00 e. The number of hydrogen-bond donors (Lipinski definition) is 1. The average Bonchev–Trinajstić information content (AvgIpc) is 2.88. The van der Waals surface area contributed by atoms with Gasteiger partial charge in [0.2, 0.25) is 0 Å². The molecule has 1 saturated heterocycles. The Labute approximate surface area is 136 Å². The minimum atomic E-state index is -0.909. The molecule has 1 aromatic heterocycles. The van der Waals surface area contributed by atoms with Gasteiger partial charge in [-0.1, -0.05) is 0 Å².